The van der Waals surface area contributed by atoms with Crippen LogP contribution in [0.2, 0.25) is 0 Å². The maximum Gasteiger partial charge on any atom is 0.267 e. The summed E-state index contributed by atoms with van der Waals surface area (Å²) in [5.41, 5.74) is 0. The van der Waals surface area contributed by atoms with E-state index in [1.807, 2.05) is 0 Å². The Labute approximate surface area is 235 Å². The maximum atomic E-state index is 11.8. The highest BCUT2D eigenvalue weighted by atomic mass is 31.2. The number of hydrogen-bond acceptors (Lipinski definition) is 7. The topological polar surface area (TPSA) is 91.3 Å². The van der Waals surface area contributed by atoms with Gasteiger partial charge in [0.2, 0.25) is 0 Å². The first kappa shape index (κ1) is 36.0. The van der Waals surface area contributed by atoms with E-state index in [9.17, 15) is 14.6 Å². The molecule has 7 nitrogen and oxygen atoms in total. The van der Waals surface area contributed by atoms with Crippen LogP contribution >= 0.6 is 7.82 Å². The normalized spacial score (nSPS) is 16.7. The number of hydrogen-bond donors (Lipinski definition) is 1. The van der Waals surface area contributed by atoms with E-state index in [-0.39, 0.29) is 19.8 Å². The quantitative estimate of drug-likeness (QED) is 0.0750. The minimum absolute atomic E-state index is 0.0786. The lowest BCUT2D eigenvalue weighted by atomic mass is 10.0. The number of phosphoric acid groups is 1. The molecule has 0 aromatic carbocycles. The molecule has 2 atom stereocenters. The van der Waals surface area contributed by atoms with Gasteiger partial charge in [-0.15, -0.1) is 0 Å². The molecule has 1 aliphatic heterocycles. The van der Waals surface area contributed by atoms with Crippen LogP contribution in [-0.2, 0) is 18.3 Å². The SMILES string of the molecule is CCCCCCCCCCCCCCCCCCOCC(O)COP(=O)([O-])OCCCCCN1CCCC1. The van der Waals surface area contributed by atoms with Gasteiger partial charge in [-0.2, -0.15) is 0 Å². The number of unbranched alkanes of at least 4 members (excludes halogenated alkanes) is 17. The number of aliphatic hydroxyl groups excluding tert-OH is 1. The second-order valence-corrected chi connectivity index (χ2v) is 12.6. The molecule has 0 spiro atoms. The summed E-state index contributed by atoms with van der Waals surface area (Å²) in [4.78, 5) is 14.3. The minimum atomic E-state index is -4.37. The molecule has 0 amide bonds. The third-order valence-electron chi connectivity index (χ3n) is 7.44. The second kappa shape index (κ2) is 25.9. The fourth-order valence-electron chi connectivity index (χ4n) is 5.03. The number of nitrogens with zero attached hydrogens (tertiary/aromatic N) is 1. The van der Waals surface area contributed by atoms with Crippen molar-refractivity contribution in [3.63, 3.8) is 0 Å². The Hall–Kier alpha value is -0.0100. The van der Waals surface area contributed by atoms with Crippen LogP contribution in [0.1, 0.15) is 142 Å². The Bertz CT molecular complexity index is 547. The molecule has 1 saturated heterocycles. The zero-order chi connectivity index (χ0) is 27.6. The number of likely N-dealkylation sites (tertiary alicyclic amines) is 1. The molecule has 2 unspecified atom stereocenters. The molecule has 0 aromatic rings. The van der Waals surface area contributed by atoms with E-state index in [1.165, 1.54) is 116 Å². The van der Waals surface area contributed by atoms with E-state index < -0.39 is 13.9 Å². The Morgan fingerprint density at radius 1 is 0.684 bits per heavy atom. The van der Waals surface area contributed by atoms with Crippen molar-refractivity contribution in [3.05, 3.63) is 0 Å². The molecule has 1 rings (SSSR count). The third-order valence-corrected chi connectivity index (χ3v) is 8.41. The van der Waals surface area contributed by atoms with E-state index in [4.69, 9.17) is 13.8 Å². The van der Waals surface area contributed by atoms with Crippen molar-refractivity contribution >= 4 is 7.82 Å². The van der Waals surface area contributed by atoms with E-state index >= 15 is 0 Å². The molecule has 0 aliphatic carbocycles. The van der Waals surface area contributed by atoms with Gasteiger partial charge in [0, 0.05) is 6.61 Å². The molecule has 0 aromatic heterocycles. The molecule has 1 N–H and O–H groups in total. The number of ether oxygens (including phenoxy) is 1. The molecule has 228 valence electrons. The summed E-state index contributed by atoms with van der Waals surface area (Å²) in [6.07, 6.45) is 25.6. The number of rotatable bonds is 29. The Morgan fingerprint density at radius 3 is 1.71 bits per heavy atom. The van der Waals surface area contributed by atoms with Crippen LogP contribution in [0.5, 0.6) is 0 Å². The molecule has 0 radical (unpaired) electrons. The Kier molecular flexibility index (Phi) is 24.6. The standard InChI is InChI=1S/C30H62NO6P/c1-2-3-4-5-6-7-8-9-10-11-12-13-14-15-16-21-26-35-28-30(32)29-37-38(33,34)36-27-22-17-18-23-31-24-19-20-25-31/h30,32H,2-29H2,1H3,(H,33,34)/p-1. The molecule has 1 heterocycles. The lowest BCUT2D eigenvalue weighted by molar-refractivity contribution is -0.227. The van der Waals surface area contributed by atoms with Gasteiger partial charge in [0.1, 0.15) is 6.10 Å². The highest BCUT2D eigenvalue weighted by Gasteiger charge is 2.14. The van der Waals surface area contributed by atoms with Gasteiger partial charge in [-0.05, 0) is 58.2 Å². The average molecular weight is 563 g/mol. The number of aliphatic hydroxyl groups is 1. The van der Waals surface area contributed by atoms with Crippen LogP contribution in [0.25, 0.3) is 0 Å². The average Bonchev–Trinajstić information content (AvgIpc) is 3.42. The summed E-state index contributed by atoms with van der Waals surface area (Å²) >= 11 is 0. The van der Waals surface area contributed by atoms with Crippen molar-refractivity contribution < 1.29 is 28.3 Å². The molecule has 38 heavy (non-hydrogen) atoms. The lowest BCUT2D eigenvalue weighted by Crippen LogP contribution is -2.23. The first-order chi connectivity index (χ1) is 18.5. The van der Waals surface area contributed by atoms with Crippen molar-refractivity contribution in [2.75, 3.05) is 46.1 Å². The fraction of sp³-hybridized carbons (Fsp3) is 1.00. The first-order valence-electron chi connectivity index (χ1n) is 16.1. The van der Waals surface area contributed by atoms with Crippen LogP contribution in [0.15, 0.2) is 0 Å². The van der Waals surface area contributed by atoms with E-state index in [0.29, 0.717) is 13.0 Å². The van der Waals surface area contributed by atoms with Crippen LogP contribution in [-0.4, -0.2) is 62.2 Å². The van der Waals surface area contributed by atoms with Crippen molar-refractivity contribution in [2.24, 2.45) is 0 Å². The summed E-state index contributed by atoms with van der Waals surface area (Å²) < 4.78 is 27.0. The molecule has 0 bridgehead atoms. The lowest BCUT2D eigenvalue weighted by Gasteiger charge is -2.24. The predicted octanol–water partition coefficient (Wildman–Crippen LogP) is 7.39. The maximum absolute atomic E-state index is 11.8. The molecule has 0 saturated carbocycles. The highest BCUT2D eigenvalue weighted by molar-refractivity contribution is 7.45. The van der Waals surface area contributed by atoms with Crippen LogP contribution in [0, 0.1) is 0 Å². The van der Waals surface area contributed by atoms with E-state index in [2.05, 4.69) is 11.8 Å². The smallest absolute Gasteiger partial charge is 0.267 e. The fourth-order valence-corrected chi connectivity index (χ4v) is 5.81. The van der Waals surface area contributed by atoms with Gasteiger partial charge in [0.05, 0.1) is 19.8 Å². The van der Waals surface area contributed by atoms with Crippen LogP contribution < -0.4 is 4.89 Å². The van der Waals surface area contributed by atoms with Crippen molar-refractivity contribution in [3.8, 4) is 0 Å². The van der Waals surface area contributed by atoms with Crippen LogP contribution in [0.3, 0.4) is 0 Å². The van der Waals surface area contributed by atoms with Gasteiger partial charge < -0.3 is 28.7 Å². The molecular weight excluding hydrogens is 501 g/mol. The zero-order valence-electron chi connectivity index (χ0n) is 24.8. The Balaban J connectivity index is 1.79. The summed E-state index contributed by atoms with van der Waals surface area (Å²) in [6, 6.07) is 0. The van der Waals surface area contributed by atoms with Crippen LogP contribution in [0.4, 0.5) is 0 Å². The van der Waals surface area contributed by atoms with Crippen molar-refractivity contribution in [2.45, 2.75) is 148 Å². The summed E-state index contributed by atoms with van der Waals surface area (Å²) in [5.74, 6) is 0. The molecule has 1 aliphatic rings. The molecular formula is C30H61NO6P-. The monoisotopic (exact) mass is 562 g/mol. The highest BCUT2D eigenvalue weighted by Crippen LogP contribution is 2.38. The summed E-state index contributed by atoms with van der Waals surface area (Å²) in [7, 11) is -4.37. The zero-order valence-corrected chi connectivity index (χ0v) is 25.7. The van der Waals surface area contributed by atoms with Crippen molar-refractivity contribution in [1.82, 2.24) is 4.90 Å². The third kappa shape index (κ3) is 23.8. The van der Waals surface area contributed by atoms with E-state index in [0.717, 1.165) is 32.2 Å². The minimum Gasteiger partial charge on any atom is -0.756 e. The molecule has 8 heteroatoms. The van der Waals surface area contributed by atoms with Gasteiger partial charge in [-0.25, -0.2) is 0 Å². The summed E-state index contributed by atoms with van der Waals surface area (Å²) in [5, 5.41) is 9.92. The largest absolute Gasteiger partial charge is 0.756 e. The number of phosphoric ester groups is 1. The Morgan fingerprint density at radius 2 is 1.16 bits per heavy atom. The van der Waals surface area contributed by atoms with Gasteiger partial charge in [0.25, 0.3) is 7.82 Å². The second-order valence-electron chi connectivity index (χ2n) is 11.2. The molecule has 1 fully saturated rings. The van der Waals surface area contributed by atoms with Gasteiger partial charge in [-0.1, -0.05) is 103 Å². The van der Waals surface area contributed by atoms with Gasteiger partial charge in [-0.3, -0.25) is 4.57 Å². The van der Waals surface area contributed by atoms with Gasteiger partial charge in [0.15, 0.2) is 0 Å². The predicted molar refractivity (Wildman–Crippen MR) is 155 cm³/mol. The first-order valence-corrected chi connectivity index (χ1v) is 17.6. The summed E-state index contributed by atoms with van der Waals surface area (Å²) in [6.45, 7) is 6.19. The van der Waals surface area contributed by atoms with E-state index in [1.54, 1.807) is 0 Å². The van der Waals surface area contributed by atoms with Crippen molar-refractivity contribution in [1.29, 1.82) is 0 Å². The van der Waals surface area contributed by atoms with Gasteiger partial charge >= 0.3 is 0 Å².